The third-order valence-corrected chi connectivity index (χ3v) is 8.69. The van der Waals surface area contributed by atoms with Crippen LogP contribution in [0.25, 0.3) is 0 Å². The molecule has 0 aromatic heterocycles. The summed E-state index contributed by atoms with van der Waals surface area (Å²) in [5.41, 5.74) is 5.70. The summed E-state index contributed by atoms with van der Waals surface area (Å²) >= 11 is 0. The van der Waals surface area contributed by atoms with Crippen LogP contribution in [0.15, 0.2) is 105 Å². The third-order valence-electron chi connectivity index (χ3n) is 8.69. The first-order valence-corrected chi connectivity index (χ1v) is 16.9. The first kappa shape index (κ1) is 34.5. The van der Waals surface area contributed by atoms with E-state index in [2.05, 4.69) is 53.9 Å². The minimum absolute atomic E-state index is 0.226. The summed E-state index contributed by atoms with van der Waals surface area (Å²) in [7, 11) is 3.94. The zero-order valence-corrected chi connectivity index (χ0v) is 28.5. The van der Waals surface area contributed by atoms with E-state index in [0.717, 1.165) is 87.7 Å². The Labute approximate surface area is 283 Å². The van der Waals surface area contributed by atoms with E-state index in [-0.39, 0.29) is 23.0 Å². The summed E-state index contributed by atoms with van der Waals surface area (Å²) in [6.07, 6.45) is 4.31. The van der Waals surface area contributed by atoms with Crippen LogP contribution in [0.1, 0.15) is 39.5 Å². The Balaban J connectivity index is 1.11. The van der Waals surface area contributed by atoms with Crippen molar-refractivity contribution in [3.63, 3.8) is 0 Å². The highest BCUT2D eigenvalue weighted by Gasteiger charge is 2.18. The molecule has 1 aliphatic rings. The standard InChI is InChI=1S/C38H46F2N8/c1-5-7-21-45(3)33-17-19-37(35(39)27-33)43-41-29-9-13-31(14-10-29)47-23-25-48(26-24-47)32-15-11-30(12-16-32)42-44-38-20-18-34(28-36(38)40)46(4)22-8-6-2/h9-20,27-28H,5-8,21-26H2,1-4H3/b43-41+,44-42+. The molecule has 48 heavy (non-hydrogen) atoms. The SMILES string of the molecule is CCCCN(C)c1ccc(/N=N/c2ccc(N3CCN(c4ccc(/N=N/c5ccc(N(C)CCCC)cc5F)cc4)CC3)cc2)c(F)c1. The second kappa shape index (κ2) is 16.8. The molecule has 252 valence electrons. The molecule has 0 radical (unpaired) electrons. The molecule has 10 heteroatoms. The van der Waals surface area contributed by atoms with Crippen molar-refractivity contribution in [1.29, 1.82) is 0 Å². The van der Waals surface area contributed by atoms with Gasteiger partial charge in [0.05, 0.1) is 11.4 Å². The highest BCUT2D eigenvalue weighted by molar-refractivity contribution is 5.58. The molecule has 4 aromatic carbocycles. The van der Waals surface area contributed by atoms with E-state index in [1.54, 1.807) is 12.1 Å². The Kier molecular flexibility index (Phi) is 12.1. The Morgan fingerprint density at radius 2 is 0.917 bits per heavy atom. The van der Waals surface area contributed by atoms with Gasteiger partial charge in [0.1, 0.15) is 11.4 Å². The smallest absolute Gasteiger partial charge is 0.152 e. The second-order valence-electron chi connectivity index (χ2n) is 12.2. The zero-order chi connectivity index (χ0) is 33.9. The van der Waals surface area contributed by atoms with Crippen LogP contribution in [0.4, 0.5) is 54.3 Å². The van der Waals surface area contributed by atoms with Gasteiger partial charge < -0.3 is 19.6 Å². The van der Waals surface area contributed by atoms with E-state index in [9.17, 15) is 8.78 Å². The van der Waals surface area contributed by atoms with Crippen LogP contribution in [0.2, 0.25) is 0 Å². The van der Waals surface area contributed by atoms with Crippen LogP contribution in [0.5, 0.6) is 0 Å². The quantitative estimate of drug-likeness (QED) is 0.127. The number of piperazine rings is 1. The highest BCUT2D eigenvalue weighted by Crippen LogP contribution is 2.29. The van der Waals surface area contributed by atoms with Gasteiger partial charge in [0.25, 0.3) is 0 Å². The maximum absolute atomic E-state index is 14.7. The molecule has 0 N–H and O–H groups in total. The van der Waals surface area contributed by atoms with Crippen molar-refractivity contribution >= 4 is 45.5 Å². The van der Waals surface area contributed by atoms with E-state index in [1.807, 2.05) is 74.8 Å². The molecule has 0 spiro atoms. The largest absolute Gasteiger partial charge is 0.375 e. The summed E-state index contributed by atoms with van der Waals surface area (Å²) in [6.45, 7) is 9.54. The van der Waals surface area contributed by atoms with Crippen molar-refractivity contribution in [3.8, 4) is 0 Å². The van der Waals surface area contributed by atoms with E-state index < -0.39 is 0 Å². The minimum atomic E-state index is -0.379. The van der Waals surface area contributed by atoms with Crippen LogP contribution in [-0.4, -0.2) is 53.4 Å². The summed E-state index contributed by atoms with van der Waals surface area (Å²) in [5.74, 6) is -0.758. The fraction of sp³-hybridized carbons (Fsp3) is 0.368. The highest BCUT2D eigenvalue weighted by atomic mass is 19.1. The number of anilines is 4. The molecule has 0 bridgehead atoms. The summed E-state index contributed by atoms with van der Waals surface area (Å²) in [5, 5.41) is 16.9. The van der Waals surface area contributed by atoms with Gasteiger partial charge in [-0.3, -0.25) is 0 Å². The molecular formula is C38H46F2N8. The van der Waals surface area contributed by atoms with Crippen LogP contribution < -0.4 is 19.6 Å². The fourth-order valence-corrected chi connectivity index (χ4v) is 5.58. The van der Waals surface area contributed by atoms with Crippen LogP contribution >= 0.6 is 0 Å². The van der Waals surface area contributed by atoms with Gasteiger partial charge in [-0.2, -0.15) is 10.2 Å². The lowest BCUT2D eigenvalue weighted by atomic mass is 10.2. The first-order chi connectivity index (χ1) is 23.3. The third kappa shape index (κ3) is 9.14. The Hall–Kier alpha value is -4.86. The van der Waals surface area contributed by atoms with Crippen molar-refractivity contribution in [1.82, 2.24) is 0 Å². The van der Waals surface area contributed by atoms with Gasteiger partial charge in [-0.15, -0.1) is 10.2 Å². The molecule has 0 unspecified atom stereocenters. The number of hydrogen-bond donors (Lipinski definition) is 0. The molecule has 0 saturated carbocycles. The molecule has 1 fully saturated rings. The average Bonchev–Trinajstić information content (AvgIpc) is 3.12. The van der Waals surface area contributed by atoms with Crippen LogP contribution in [-0.2, 0) is 0 Å². The molecule has 8 nitrogen and oxygen atoms in total. The van der Waals surface area contributed by atoms with Crippen molar-refractivity contribution in [2.75, 3.05) is 73.0 Å². The number of hydrogen-bond acceptors (Lipinski definition) is 8. The lowest BCUT2D eigenvalue weighted by Crippen LogP contribution is -2.46. The van der Waals surface area contributed by atoms with Crippen molar-refractivity contribution in [2.45, 2.75) is 39.5 Å². The lowest BCUT2D eigenvalue weighted by Gasteiger charge is -2.37. The normalized spacial score (nSPS) is 13.5. The number of rotatable bonds is 14. The van der Waals surface area contributed by atoms with Crippen molar-refractivity contribution < 1.29 is 8.78 Å². The van der Waals surface area contributed by atoms with Gasteiger partial charge in [0.2, 0.25) is 0 Å². The molecule has 1 saturated heterocycles. The van der Waals surface area contributed by atoms with Gasteiger partial charge in [0.15, 0.2) is 11.6 Å². The van der Waals surface area contributed by atoms with Gasteiger partial charge in [0, 0.05) is 76.1 Å². The van der Waals surface area contributed by atoms with Gasteiger partial charge >= 0.3 is 0 Å². The minimum Gasteiger partial charge on any atom is -0.375 e. The maximum Gasteiger partial charge on any atom is 0.152 e. The molecule has 5 rings (SSSR count). The van der Waals surface area contributed by atoms with Crippen LogP contribution in [0, 0.1) is 11.6 Å². The predicted molar refractivity (Wildman–Crippen MR) is 195 cm³/mol. The number of azo groups is 2. The molecule has 0 atom stereocenters. The lowest BCUT2D eigenvalue weighted by molar-refractivity contribution is 0.627. The van der Waals surface area contributed by atoms with Gasteiger partial charge in [-0.25, -0.2) is 8.78 Å². The second-order valence-corrected chi connectivity index (χ2v) is 12.2. The van der Waals surface area contributed by atoms with E-state index in [4.69, 9.17) is 0 Å². The summed E-state index contributed by atoms with van der Waals surface area (Å²) in [6, 6.07) is 25.9. The molecule has 0 amide bonds. The van der Waals surface area contributed by atoms with Gasteiger partial charge in [-0.05, 0) is 97.8 Å². The Morgan fingerprint density at radius 3 is 1.25 bits per heavy atom. The monoisotopic (exact) mass is 652 g/mol. The van der Waals surface area contributed by atoms with Crippen LogP contribution in [0.3, 0.4) is 0 Å². The molecule has 0 aliphatic carbocycles. The molecule has 1 heterocycles. The maximum atomic E-state index is 14.7. The number of halogens is 2. The Morgan fingerprint density at radius 1 is 0.542 bits per heavy atom. The Bertz CT molecular complexity index is 1540. The number of nitrogens with zero attached hydrogens (tertiary/aromatic N) is 8. The van der Waals surface area contributed by atoms with Gasteiger partial charge in [-0.1, -0.05) is 26.7 Å². The zero-order valence-electron chi connectivity index (χ0n) is 28.5. The predicted octanol–water partition coefficient (Wildman–Crippen LogP) is 10.6. The molecular weight excluding hydrogens is 606 g/mol. The topological polar surface area (TPSA) is 62.4 Å². The average molecular weight is 653 g/mol. The number of unbranched alkanes of at least 4 members (excludes halogenated alkanes) is 2. The number of benzene rings is 4. The summed E-state index contributed by atoms with van der Waals surface area (Å²) < 4.78 is 29.3. The molecule has 4 aromatic rings. The fourth-order valence-electron chi connectivity index (χ4n) is 5.58. The van der Waals surface area contributed by atoms with E-state index >= 15 is 0 Å². The van der Waals surface area contributed by atoms with E-state index in [1.165, 1.54) is 12.1 Å². The first-order valence-electron chi connectivity index (χ1n) is 16.9. The summed E-state index contributed by atoms with van der Waals surface area (Å²) in [4.78, 5) is 8.79. The van der Waals surface area contributed by atoms with E-state index in [0.29, 0.717) is 11.4 Å². The van der Waals surface area contributed by atoms with Crippen molar-refractivity contribution in [3.05, 3.63) is 96.6 Å². The molecule has 1 aliphatic heterocycles. The van der Waals surface area contributed by atoms with Crippen molar-refractivity contribution in [2.24, 2.45) is 20.5 Å².